The molecule has 0 bridgehead atoms. The van der Waals surface area contributed by atoms with Crippen molar-refractivity contribution in [3.05, 3.63) is 47.1 Å². The van der Waals surface area contributed by atoms with Crippen molar-refractivity contribution in [1.82, 2.24) is 9.71 Å². The Hall–Kier alpha value is -1.43. The van der Waals surface area contributed by atoms with Crippen molar-refractivity contribution in [3.8, 4) is 0 Å². The molecular weight excluding hydrogens is 308 g/mol. The number of aromatic nitrogens is 1. The lowest BCUT2D eigenvalue weighted by Gasteiger charge is -2.09. The molecule has 0 aliphatic rings. The molecule has 1 aromatic heterocycles. The number of pyridine rings is 1. The zero-order valence-corrected chi connectivity index (χ0v) is 13.5. The zero-order chi connectivity index (χ0) is 15.5. The molecule has 4 nitrogen and oxygen atoms in total. The normalized spacial score (nSPS) is 12.3. The number of aryl methyl sites for hydroxylation is 1. The second kappa shape index (κ2) is 6.56. The molecule has 1 aromatic carbocycles. The van der Waals surface area contributed by atoms with Crippen LogP contribution in [0.2, 0.25) is 5.15 Å². The van der Waals surface area contributed by atoms with E-state index in [9.17, 15) is 8.42 Å². The number of allylic oxidation sites excluding steroid dienone is 1. The van der Waals surface area contributed by atoms with Crippen LogP contribution in [0.15, 0.2) is 41.3 Å². The maximum absolute atomic E-state index is 12.4. The molecule has 0 saturated heterocycles. The van der Waals surface area contributed by atoms with Crippen molar-refractivity contribution in [3.63, 3.8) is 0 Å². The van der Waals surface area contributed by atoms with Crippen LogP contribution in [-0.2, 0) is 10.0 Å². The molecule has 112 valence electrons. The lowest BCUT2D eigenvalue weighted by Crippen LogP contribution is -2.24. The summed E-state index contributed by atoms with van der Waals surface area (Å²) >= 11 is 6.02. The molecule has 0 radical (unpaired) electrons. The van der Waals surface area contributed by atoms with Gasteiger partial charge in [-0.05, 0) is 38.0 Å². The van der Waals surface area contributed by atoms with Gasteiger partial charge in [-0.15, -0.1) is 0 Å². The summed E-state index contributed by atoms with van der Waals surface area (Å²) in [5.74, 6) is 0. The van der Waals surface area contributed by atoms with Gasteiger partial charge >= 0.3 is 0 Å². The van der Waals surface area contributed by atoms with E-state index in [2.05, 4.69) is 9.71 Å². The number of sulfonamides is 1. The van der Waals surface area contributed by atoms with Crippen LogP contribution in [0.1, 0.15) is 18.9 Å². The minimum absolute atomic E-state index is 0.155. The van der Waals surface area contributed by atoms with E-state index in [1.54, 1.807) is 12.1 Å². The van der Waals surface area contributed by atoms with Gasteiger partial charge in [0.25, 0.3) is 0 Å². The summed E-state index contributed by atoms with van der Waals surface area (Å²) < 4.78 is 27.3. The van der Waals surface area contributed by atoms with Crippen molar-refractivity contribution in [1.29, 1.82) is 0 Å². The Morgan fingerprint density at radius 2 is 2.14 bits per heavy atom. The number of rotatable bonds is 5. The van der Waals surface area contributed by atoms with Crippen molar-refractivity contribution in [2.75, 3.05) is 6.54 Å². The molecule has 2 rings (SSSR count). The predicted molar refractivity (Wildman–Crippen MR) is 86.1 cm³/mol. The number of fused-ring (bicyclic) bond motifs is 1. The summed E-state index contributed by atoms with van der Waals surface area (Å²) in [5.41, 5.74) is 1.21. The van der Waals surface area contributed by atoms with E-state index in [1.165, 1.54) is 0 Å². The van der Waals surface area contributed by atoms with Crippen LogP contribution in [0.5, 0.6) is 0 Å². The van der Waals surface area contributed by atoms with E-state index in [-0.39, 0.29) is 4.90 Å². The summed E-state index contributed by atoms with van der Waals surface area (Å²) in [6.07, 6.45) is 4.44. The van der Waals surface area contributed by atoms with Crippen molar-refractivity contribution in [2.24, 2.45) is 0 Å². The van der Waals surface area contributed by atoms with Crippen LogP contribution >= 0.6 is 11.6 Å². The third-order valence-electron chi connectivity index (χ3n) is 3.07. The molecule has 2 aromatic rings. The molecule has 1 N–H and O–H groups in total. The zero-order valence-electron chi connectivity index (χ0n) is 11.9. The van der Waals surface area contributed by atoms with E-state index in [1.807, 2.05) is 38.1 Å². The van der Waals surface area contributed by atoms with Gasteiger partial charge in [-0.2, -0.15) is 0 Å². The van der Waals surface area contributed by atoms with Crippen molar-refractivity contribution in [2.45, 2.75) is 25.2 Å². The van der Waals surface area contributed by atoms with Gasteiger partial charge in [-0.1, -0.05) is 35.9 Å². The molecule has 0 saturated carbocycles. The summed E-state index contributed by atoms with van der Waals surface area (Å²) in [7, 11) is -3.60. The number of nitrogens with one attached hydrogen (secondary N) is 1. The number of nitrogens with zero attached hydrogens (tertiary/aromatic N) is 1. The minimum Gasteiger partial charge on any atom is -0.234 e. The van der Waals surface area contributed by atoms with Gasteiger partial charge in [0.05, 0.1) is 5.52 Å². The average molecular weight is 325 g/mol. The SMILES string of the molecule is C/C=C/CCNS(=O)(=O)c1cccc2cc(C)c(Cl)nc12. The first-order chi connectivity index (χ1) is 9.95. The molecule has 0 unspecified atom stereocenters. The standard InChI is InChI=1S/C15H17ClN2O2S/c1-3-4-5-9-17-21(19,20)13-8-6-7-12-10-11(2)15(16)18-14(12)13/h3-4,6-8,10,17H,5,9H2,1-2H3/b4-3+. The smallest absolute Gasteiger partial charge is 0.234 e. The van der Waals surface area contributed by atoms with Crippen LogP contribution in [0.4, 0.5) is 0 Å². The highest BCUT2D eigenvalue weighted by Gasteiger charge is 2.18. The van der Waals surface area contributed by atoms with Crippen LogP contribution in [0.25, 0.3) is 10.9 Å². The fourth-order valence-corrected chi connectivity index (χ4v) is 3.35. The quantitative estimate of drug-likeness (QED) is 0.520. The minimum atomic E-state index is -3.60. The van der Waals surface area contributed by atoms with Crippen molar-refractivity contribution < 1.29 is 8.42 Å². The Kier molecular flexibility index (Phi) is 4.98. The summed E-state index contributed by atoms with van der Waals surface area (Å²) in [6.45, 7) is 4.08. The molecular formula is C15H17ClN2O2S. The Bertz CT molecular complexity index is 786. The van der Waals surface area contributed by atoms with Gasteiger partial charge in [0.15, 0.2) is 0 Å². The van der Waals surface area contributed by atoms with Gasteiger partial charge in [-0.3, -0.25) is 0 Å². The lowest BCUT2D eigenvalue weighted by atomic mass is 10.2. The van der Waals surface area contributed by atoms with Crippen LogP contribution < -0.4 is 4.72 Å². The summed E-state index contributed by atoms with van der Waals surface area (Å²) in [5, 5.41) is 1.08. The third-order valence-corrected chi connectivity index (χ3v) is 4.94. The lowest BCUT2D eigenvalue weighted by molar-refractivity contribution is 0.583. The van der Waals surface area contributed by atoms with Gasteiger partial charge < -0.3 is 0 Å². The monoisotopic (exact) mass is 324 g/mol. The number of para-hydroxylation sites is 1. The van der Waals surface area contributed by atoms with Gasteiger partial charge in [-0.25, -0.2) is 18.1 Å². The fourth-order valence-electron chi connectivity index (χ4n) is 1.99. The van der Waals surface area contributed by atoms with Crippen LogP contribution in [-0.4, -0.2) is 19.9 Å². The first-order valence-corrected chi connectivity index (χ1v) is 8.48. The highest BCUT2D eigenvalue weighted by molar-refractivity contribution is 7.89. The van der Waals surface area contributed by atoms with E-state index in [0.717, 1.165) is 10.9 Å². The van der Waals surface area contributed by atoms with E-state index in [4.69, 9.17) is 11.6 Å². The first-order valence-electron chi connectivity index (χ1n) is 6.62. The van der Waals surface area contributed by atoms with Gasteiger partial charge in [0, 0.05) is 11.9 Å². The molecule has 0 aliphatic heterocycles. The molecule has 0 aliphatic carbocycles. The maximum Gasteiger partial charge on any atom is 0.242 e. The number of hydrogen-bond donors (Lipinski definition) is 1. The van der Waals surface area contributed by atoms with Gasteiger partial charge in [0.2, 0.25) is 10.0 Å². The second-order valence-electron chi connectivity index (χ2n) is 4.68. The highest BCUT2D eigenvalue weighted by Crippen LogP contribution is 2.25. The van der Waals surface area contributed by atoms with Crippen molar-refractivity contribution >= 4 is 32.5 Å². The fraction of sp³-hybridized carbons (Fsp3) is 0.267. The van der Waals surface area contributed by atoms with Crippen LogP contribution in [0.3, 0.4) is 0 Å². The summed E-state index contributed by atoms with van der Waals surface area (Å²) in [4.78, 5) is 4.37. The highest BCUT2D eigenvalue weighted by atomic mass is 35.5. The van der Waals surface area contributed by atoms with E-state index < -0.39 is 10.0 Å². The number of benzene rings is 1. The third kappa shape index (κ3) is 3.61. The predicted octanol–water partition coefficient (Wildman–Crippen LogP) is 3.44. The molecule has 21 heavy (non-hydrogen) atoms. The summed E-state index contributed by atoms with van der Waals surface area (Å²) in [6, 6.07) is 6.91. The largest absolute Gasteiger partial charge is 0.242 e. The molecule has 0 fully saturated rings. The molecule has 0 spiro atoms. The molecule has 0 atom stereocenters. The molecule has 0 amide bonds. The van der Waals surface area contributed by atoms with Crippen LogP contribution in [0, 0.1) is 6.92 Å². The molecule has 1 heterocycles. The Balaban J connectivity index is 2.43. The number of halogens is 1. The Morgan fingerprint density at radius 1 is 1.38 bits per heavy atom. The first kappa shape index (κ1) is 15.9. The van der Waals surface area contributed by atoms with E-state index in [0.29, 0.717) is 23.6 Å². The Labute approximate surface area is 129 Å². The topological polar surface area (TPSA) is 59.1 Å². The second-order valence-corrected chi connectivity index (χ2v) is 6.77. The molecule has 6 heteroatoms. The van der Waals surface area contributed by atoms with E-state index >= 15 is 0 Å². The number of hydrogen-bond acceptors (Lipinski definition) is 3. The average Bonchev–Trinajstić information content (AvgIpc) is 2.44. The Morgan fingerprint density at radius 3 is 2.86 bits per heavy atom. The maximum atomic E-state index is 12.4. The van der Waals surface area contributed by atoms with Gasteiger partial charge in [0.1, 0.15) is 10.0 Å².